The molecule has 1 aromatic carbocycles. The third kappa shape index (κ3) is 1.55. The second-order valence-corrected chi connectivity index (χ2v) is 4.17. The van der Waals surface area contributed by atoms with Gasteiger partial charge < -0.3 is 9.88 Å². The highest BCUT2D eigenvalue weighted by Gasteiger charge is 2.10. The van der Waals surface area contributed by atoms with Crippen molar-refractivity contribution in [2.75, 3.05) is 7.05 Å². The zero-order valence-electron chi connectivity index (χ0n) is 9.89. The number of nitrogens with zero attached hydrogens (tertiary/aromatic N) is 1. The molecule has 0 saturated carbocycles. The molecule has 0 spiro atoms. The van der Waals surface area contributed by atoms with Gasteiger partial charge in [-0.3, -0.25) is 0 Å². The van der Waals surface area contributed by atoms with Crippen molar-refractivity contribution in [1.82, 2.24) is 9.88 Å². The Bertz CT molecular complexity index is 495. The molecular formula is C13H18N2. The first-order valence-corrected chi connectivity index (χ1v) is 5.34. The summed E-state index contributed by atoms with van der Waals surface area (Å²) in [5.74, 6) is 0. The second-order valence-electron chi connectivity index (χ2n) is 4.17. The fourth-order valence-electron chi connectivity index (χ4n) is 2.15. The molecular weight excluding hydrogens is 184 g/mol. The van der Waals surface area contributed by atoms with Crippen LogP contribution in [0.15, 0.2) is 18.2 Å². The van der Waals surface area contributed by atoms with E-state index in [-0.39, 0.29) is 0 Å². The zero-order chi connectivity index (χ0) is 11.0. The molecule has 0 aliphatic heterocycles. The van der Waals surface area contributed by atoms with Crippen molar-refractivity contribution in [3.8, 4) is 0 Å². The summed E-state index contributed by atoms with van der Waals surface area (Å²) in [6.45, 7) is 5.26. The Labute approximate surface area is 90.9 Å². The van der Waals surface area contributed by atoms with Gasteiger partial charge in [-0.2, -0.15) is 0 Å². The lowest BCUT2D eigenvalue weighted by molar-refractivity contribution is 0.801. The minimum Gasteiger partial charge on any atom is -0.348 e. The summed E-state index contributed by atoms with van der Waals surface area (Å²) >= 11 is 0. The van der Waals surface area contributed by atoms with Crippen molar-refractivity contribution in [1.29, 1.82) is 0 Å². The number of nitrogens with one attached hydrogen (secondary N) is 1. The number of rotatable bonds is 2. The maximum atomic E-state index is 3.23. The summed E-state index contributed by atoms with van der Waals surface area (Å²) in [4.78, 5) is 0. The third-order valence-electron chi connectivity index (χ3n) is 3.13. The van der Waals surface area contributed by atoms with E-state index >= 15 is 0 Å². The van der Waals surface area contributed by atoms with E-state index in [1.54, 1.807) is 0 Å². The van der Waals surface area contributed by atoms with E-state index in [4.69, 9.17) is 0 Å². The molecule has 2 nitrogen and oxygen atoms in total. The van der Waals surface area contributed by atoms with Crippen LogP contribution in [-0.2, 0) is 13.6 Å². The van der Waals surface area contributed by atoms with Crippen molar-refractivity contribution >= 4 is 10.9 Å². The maximum Gasteiger partial charge on any atom is 0.0485 e. The summed E-state index contributed by atoms with van der Waals surface area (Å²) in [5.41, 5.74) is 5.41. The van der Waals surface area contributed by atoms with Crippen LogP contribution >= 0.6 is 0 Å². The van der Waals surface area contributed by atoms with Gasteiger partial charge in [0, 0.05) is 30.2 Å². The molecule has 0 saturated heterocycles. The molecule has 1 aromatic heterocycles. The van der Waals surface area contributed by atoms with Crippen LogP contribution in [0.2, 0.25) is 0 Å². The second kappa shape index (κ2) is 3.70. The van der Waals surface area contributed by atoms with Crippen LogP contribution in [0.1, 0.15) is 16.8 Å². The van der Waals surface area contributed by atoms with E-state index < -0.39 is 0 Å². The van der Waals surface area contributed by atoms with Crippen molar-refractivity contribution < 1.29 is 0 Å². The van der Waals surface area contributed by atoms with Gasteiger partial charge in [-0.15, -0.1) is 0 Å². The molecule has 15 heavy (non-hydrogen) atoms. The molecule has 0 aliphatic rings. The summed E-state index contributed by atoms with van der Waals surface area (Å²) in [6.07, 6.45) is 0. The van der Waals surface area contributed by atoms with Crippen molar-refractivity contribution in [3.63, 3.8) is 0 Å². The Morgan fingerprint density at radius 3 is 2.67 bits per heavy atom. The zero-order valence-corrected chi connectivity index (χ0v) is 9.89. The minimum absolute atomic E-state index is 0.937. The van der Waals surface area contributed by atoms with Gasteiger partial charge in [0.1, 0.15) is 0 Å². The van der Waals surface area contributed by atoms with Gasteiger partial charge in [0.05, 0.1) is 0 Å². The van der Waals surface area contributed by atoms with E-state index in [0.717, 1.165) is 6.54 Å². The van der Waals surface area contributed by atoms with E-state index in [1.807, 2.05) is 7.05 Å². The predicted molar refractivity (Wildman–Crippen MR) is 65.2 cm³/mol. The topological polar surface area (TPSA) is 17.0 Å². The highest BCUT2D eigenvalue weighted by atomic mass is 15.0. The van der Waals surface area contributed by atoms with E-state index in [1.165, 1.54) is 27.7 Å². The standard InChI is InChI=1S/C13H18N2/c1-9-5-6-11-12(8-14-3)10(2)15(4)13(11)7-9/h5-7,14H,8H2,1-4H3. The Hall–Kier alpha value is -1.28. The fraction of sp³-hybridized carbons (Fsp3) is 0.385. The number of aryl methyl sites for hydroxylation is 2. The molecule has 0 radical (unpaired) electrons. The SMILES string of the molecule is CNCc1c(C)n(C)c2cc(C)ccc12. The normalized spacial score (nSPS) is 11.2. The Morgan fingerprint density at radius 1 is 1.27 bits per heavy atom. The Morgan fingerprint density at radius 2 is 2.00 bits per heavy atom. The maximum absolute atomic E-state index is 3.23. The molecule has 0 fully saturated rings. The summed E-state index contributed by atoms with van der Waals surface area (Å²) < 4.78 is 2.27. The summed E-state index contributed by atoms with van der Waals surface area (Å²) in [6, 6.07) is 6.66. The molecule has 1 N–H and O–H groups in total. The molecule has 0 atom stereocenters. The molecule has 80 valence electrons. The van der Waals surface area contributed by atoms with E-state index in [2.05, 4.69) is 49.0 Å². The lowest BCUT2D eigenvalue weighted by Crippen LogP contribution is -2.06. The predicted octanol–water partition coefficient (Wildman–Crippen LogP) is 2.51. The van der Waals surface area contributed by atoms with Crippen LogP contribution in [-0.4, -0.2) is 11.6 Å². The average molecular weight is 202 g/mol. The number of hydrogen-bond acceptors (Lipinski definition) is 1. The van der Waals surface area contributed by atoms with Gasteiger partial charge in [-0.1, -0.05) is 12.1 Å². The van der Waals surface area contributed by atoms with Gasteiger partial charge in [0.25, 0.3) is 0 Å². The third-order valence-corrected chi connectivity index (χ3v) is 3.13. The summed E-state index contributed by atoms with van der Waals surface area (Å²) in [7, 11) is 4.13. The van der Waals surface area contributed by atoms with Crippen LogP contribution in [0.5, 0.6) is 0 Å². The first-order chi connectivity index (χ1) is 7.15. The van der Waals surface area contributed by atoms with Crippen molar-refractivity contribution in [3.05, 3.63) is 35.0 Å². The Kier molecular flexibility index (Phi) is 2.53. The summed E-state index contributed by atoms with van der Waals surface area (Å²) in [5, 5.41) is 4.60. The molecule has 1 heterocycles. The number of fused-ring (bicyclic) bond motifs is 1. The number of benzene rings is 1. The molecule has 0 bridgehead atoms. The molecule has 0 amide bonds. The van der Waals surface area contributed by atoms with Gasteiger partial charge in [-0.05, 0) is 38.1 Å². The molecule has 0 unspecified atom stereocenters. The van der Waals surface area contributed by atoms with Crippen LogP contribution in [0.25, 0.3) is 10.9 Å². The van der Waals surface area contributed by atoms with Crippen LogP contribution in [0.3, 0.4) is 0 Å². The smallest absolute Gasteiger partial charge is 0.0485 e. The largest absolute Gasteiger partial charge is 0.348 e. The first kappa shape index (κ1) is 10.2. The lowest BCUT2D eigenvalue weighted by atomic mass is 10.1. The molecule has 2 rings (SSSR count). The van der Waals surface area contributed by atoms with Gasteiger partial charge >= 0.3 is 0 Å². The van der Waals surface area contributed by atoms with Crippen molar-refractivity contribution in [2.24, 2.45) is 7.05 Å². The van der Waals surface area contributed by atoms with E-state index in [9.17, 15) is 0 Å². The Balaban J connectivity index is 2.75. The fourth-order valence-corrected chi connectivity index (χ4v) is 2.15. The van der Waals surface area contributed by atoms with Crippen LogP contribution in [0.4, 0.5) is 0 Å². The molecule has 0 aliphatic carbocycles. The minimum atomic E-state index is 0.937. The van der Waals surface area contributed by atoms with Gasteiger partial charge in [0.15, 0.2) is 0 Å². The van der Waals surface area contributed by atoms with Crippen LogP contribution in [0, 0.1) is 13.8 Å². The first-order valence-electron chi connectivity index (χ1n) is 5.34. The molecule has 2 aromatic rings. The number of hydrogen-bond donors (Lipinski definition) is 1. The van der Waals surface area contributed by atoms with E-state index in [0.29, 0.717) is 0 Å². The average Bonchev–Trinajstić information content (AvgIpc) is 2.44. The molecule has 2 heteroatoms. The lowest BCUT2D eigenvalue weighted by Gasteiger charge is -2.00. The van der Waals surface area contributed by atoms with Crippen LogP contribution < -0.4 is 5.32 Å². The highest BCUT2D eigenvalue weighted by Crippen LogP contribution is 2.25. The number of aromatic nitrogens is 1. The highest BCUT2D eigenvalue weighted by molar-refractivity contribution is 5.86. The monoisotopic (exact) mass is 202 g/mol. The van der Waals surface area contributed by atoms with Gasteiger partial charge in [0.2, 0.25) is 0 Å². The van der Waals surface area contributed by atoms with Gasteiger partial charge in [-0.25, -0.2) is 0 Å². The quantitative estimate of drug-likeness (QED) is 0.791. The van der Waals surface area contributed by atoms with Crippen molar-refractivity contribution in [2.45, 2.75) is 20.4 Å².